The van der Waals surface area contributed by atoms with Gasteiger partial charge in [-0.05, 0) is 50.2 Å². The van der Waals surface area contributed by atoms with E-state index in [0.29, 0.717) is 0 Å². The van der Waals surface area contributed by atoms with Crippen LogP contribution in [0.5, 0.6) is 0 Å². The molecule has 0 N–H and O–H groups in total. The maximum absolute atomic E-state index is 2.41. The first-order chi connectivity index (χ1) is 12.5. The smallest absolute Gasteiger partial charge is 0.0751 e. The first-order valence-corrected chi connectivity index (χ1v) is 10.5. The van der Waals surface area contributed by atoms with Gasteiger partial charge in [-0.3, -0.25) is 0 Å². The molecule has 0 bridgehead atoms. The second kappa shape index (κ2) is 4.70. The minimum Gasteiger partial charge on any atom is -0.341 e. The van der Waals surface area contributed by atoms with E-state index in [-0.39, 0.29) is 0 Å². The molecule has 2 aromatic carbocycles. The Morgan fingerprint density at radius 1 is 0.577 bits per heavy atom. The van der Waals surface area contributed by atoms with E-state index < -0.39 is 0 Å². The maximum atomic E-state index is 2.41. The molecule has 0 fully saturated rings. The molecule has 0 saturated heterocycles. The Hall–Kier alpha value is -2.30. The van der Waals surface area contributed by atoms with Crippen molar-refractivity contribution in [2.45, 2.75) is 13.8 Å². The van der Waals surface area contributed by atoms with Gasteiger partial charge in [-0.25, -0.2) is 0 Å². The van der Waals surface area contributed by atoms with E-state index in [4.69, 9.17) is 0 Å². The van der Waals surface area contributed by atoms with E-state index in [1.807, 2.05) is 22.7 Å². The third kappa shape index (κ3) is 1.62. The fourth-order valence-electron chi connectivity index (χ4n) is 4.71. The second-order valence-corrected chi connectivity index (χ2v) is 9.85. The van der Waals surface area contributed by atoms with E-state index in [9.17, 15) is 0 Å². The summed E-state index contributed by atoms with van der Waals surface area (Å²) in [7, 11) is 4.44. The van der Waals surface area contributed by atoms with Crippen molar-refractivity contribution in [1.29, 1.82) is 0 Å². The molecule has 0 unspecified atom stereocenters. The standard InChI is InChI=1S/C22H18N2S2/c1-11-9-15-17(25-11)7-5-13-19(15)23(3)22-14-6-8-18-16(10-12(2)26-18)20(14)24(4)21(13)22/h5-10H,1-4H3. The van der Waals surface area contributed by atoms with Crippen molar-refractivity contribution in [2.24, 2.45) is 14.1 Å². The predicted molar refractivity (Wildman–Crippen MR) is 117 cm³/mol. The van der Waals surface area contributed by atoms with Gasteiger partial charge in [0.25, 0.3) is 0 Å². The number of aromatic nitrogens is 2. The summed E-state index contributed by atoms with van der Waals surface area (Å²) in [5, 5.41) is 5.46. The number of fused-ring (bicyclic) bond motifs is 9. The highest BCUT2D eigenvalue weighted by Gasteiger charge is 2.20. The molecule has 26 heavy (non-hydrogen) atoms. The molecule has 4 heterocycles. The van der Waals surface area contributed by atoms with E-state index in [1.165, 1.54) is 62.8 Å². The van der Waals surface area contributed by atoms with Crippen LogP contribution in [0.1, 0.15) is 9.75 Å². The molecule has 0 aliphatic carbocycles. The van der Waals surface area contributed by atoms with Crippen LogP contribution in [0.2, 0.25) is 0 Å². The Morgan fingerprint density at radius 3 is 1.42 bits per heavy atom. The largest absolute Gasteiger partial charge is 0.341 e. The third-order valence-corrected chi connectivity index (χ3v) is 7.70. The van der Waals surface area contributed by atoms with Gasteiger partial charge in [-0.15, -0.1) is 22.7 Å². The van der Waals surface area contributed by atoms with Crippen LogP contribution in [0.25, 0.3) is 53.0 Å². The van der Waals surface area contributed by atoms with Gasteiger partial charge in [0.1, 0.15) is 0 Å². The van der Waals surface area contributed by atoms with E-state index in [2.05, 4.69) is 73.5 Å². The lowest BCUT2D eigenvalue weighted by atomic mass is 10.1. The van der Waals surface area contributed by atoms with Crippen LogP contribution < -0.4 is 0 Å². The van der Waals surface area contributed by atoms with Crippen molar-refractivity contribution in [2.75, 3.05) is 0 Å². The zero-order valence-electron chi connectivity index (χ0n) is 15.2. The third-order valence-electron chi connectivity index (χ3n) is 5.67. The highest BCUT2D eigenvalue weighted by molar-refractivity contribution is 7.19. The van der Waals surface area contributed by atoms with Gasteiger partial charge >= 0.3 is 0 Å². The minimum atomic E-state index is 1.35. The van der Waals surface area contributed by atoms with Crippen molar-refractivity contribution in [1.82, 2.24) is 9.13 Å². The Balaban J connectivity index is 1.94. The monoisotopic (exact) mass is 374 g/mol. The van der Waals surface area contributed by atoms with E-state index in [1.54, 1.807) is 0 Å². The average molecular weight is 375 g/mol. The average Bonchev–Trinajstić information content (AvgIpc) is 3.30. The summed E-state index contributed by atoms with van der Waals surface area (Å²) in [6.07, 6.45) is 0. The van der Waals surface area contributed by atoms with E-state index in [0.717, 1.165) is 0 Å². The lowest BCUT2D eigenvalue weighted by Crippen LogP contribution is -1.88. The topological polar surface area (TPSA) is 9.86 Å². The maximum Gasteiger partial charge on any atom is 0.0751 e. The van der Waals surface area contributed by atoms with Crippen LogP contribution in [0.3, 0.4) is 0 Å². The molecule has 0 saturated carbocycles. The predicted octanol–water partition coefficient (Wildman–Crippen LogP) is 6.87. The molecule has 6 aromatic rings. The zero-order chi connectivity index (χ0) is 17.7. The van der Waals surface area contributed by atoms with E-state index >= 15 is 0 Å². The molecule has 0 spiro atoms. The second-order valence-electron chi connectivity index (χ2n) is 7.28. The summed E-state index contributed by atoms with van der Waals surface area (Å²) in [5.74, 6) is 0. The van der Waals surface area contributed by atoms with Gasteiger partial charge in [0.2, 0.25) is 0 Å². The normalized spacial score (nSPS) is 12.6. The number of hydrogen-bond donors (Lipinski definition) is 0. The van der Waals surface area contributed by atoms with Crippen LogP contribution in [0, 0.1) is 13.8 Å². The minimum absolute atomic E-state index is 1.35. The Kier molecular flexibility index (Phi) is 2.68. The van der Waals surface area contributed by atoms with Gasteiger partial charge in [0.15, 0.2) is 0 Å². The highest BCUT2D eigenvalue weighted by Crippen LogP contribution is 2.43. The van der Waals surface area contributed by atoms with Crippen LogP contribution in [-0.4, -0.2) is 9.13 Å². The SMILES string of the molecule is Cc1cc2c(ccc3c2n(C)c2c4ccc5sc(C)cc5c4n(C)c32)s1. The summed E-state index contributed by atoms with van der Waals surface area (Å²) >= 11 is 3.76. The van der Waals surface area contributed by atoms with Crippen LogP contribution >= 0.6 is 22.7 Å². The Labute approximate surface area is 158 Å². The fourth-order valence-corrected chi connectivity index (χ4v) is 6.56. The van der Waals surface area contributed by atoms with Crippen LogP contribution in [0.4, 0.5) is 0 Å². The molecule has 4 heteroatoms. The molecule has 0 aliphatic rings. The molecule has 0 atom stereocenters. The first kappa shape index (κ1) is 14.8. The molecule has 2 nitrogen and oxygen atoms in total. The van der Waals surface area contributed by atoms with Gasteiger partial charge in [-0.2, -0.15) is 0 Å². The van der Waals surface area contributed by atoms with Gasteiger partial charge in [0.05, 0.1) is 22.1 Å². The molecule has 0 amide bonds. The number of hydrogen-bond acceptors (Lipinski definition) is 2. The van der Waals surface area contributed by atoms with Gasteiger partial charge in [0, 0.05) is 54.8 Å². The molecule has 6 rings (SSSR count). The highest BCUT2D eigenvalue weighted by atomic mass is 32.1. The fraction of sp³-hybridized carbons (Fsp3) is 0.182. The molecule has 0 radical (unpaired) electrons. The van der Waals surface area contributed by atoms with Crippen molar-refractivity contribution >= 4 is 75.7 Å². The Bertz CT molecular complexity index is 1400. The number of thiophene rings is 2. The van der Waals surface area contributed by atoms with Crippen molar-refractivity contribution in [3.05, 3.63) is 46.2 Å². The molecule has 128 valence electrons. The summed E-state index contributed by atoms with van der Waals surface area (Å²) in [6, 6.07) is 13.9. The molecular weight excluding hydrogens is 356 g/mol. The summed E-state index contributed by atoms with van der Waals surface area (Å²) in [5.41, 5.74) is 5.41. The van der Waals surface area contributed by atoms with Crippen molar-refractivity contribution < 1.29 is 0 Å². The zero-order valence-corrected chi connectivity index (χ0v) is 16.8. The lowest BCUT2D eigenvalue weighted by Gasteiger charge is -2.03. The van der Waals surface area contributed by atoms with Crippen LogP contribution in [-0.2, 0) is 14.1 Å². The van der Waals surface area contributed by atoms with Gasteiger partial charge < -0.3 is 9.13 Å². The lowest BCUT2D eigenvalue weighted by molar-refractivity contribution is 1.01. The van der Waals surface area contributed by atoms with Gasteiger partial charge in [-0.1, -0.05) is 0 Å². The summed E-state index contributed by atoms with van der Waals surface area (Å²) in [6.45, 7) is 4.40. The Morgan fingerprint density at radius 2 is 1.00 bits per heavy atom. The van der Waals surface area contributed by atoms with Crippen molar-refractivity contribution in [3.8, 4) is 0 Å². The van der Waals surface area contributed by atoms with Crippen LogP contribution in [0.15, 0.2) is 36.4 Å². The number of aryl methyl sites for hydroxylation is 4. The first-order valence-electron chi connectivity index (χ1n) is 8.83. The van der Waals surface area contributed by atoms with Crippen molar-refractivity contribution in [3.63, 3.8) is 0 Å². The molecule has 4 aromatic heterocycles. The number of benzene rings is 2. The number of rotatable bonds is 0. The molecular formula is C22H18N2S2. The summed E-state index contributed by atoms with van der Waals surface area (Å²) < 4.78 is 7.57. The molecule has 0 aliphatic heterocycles. The quantitative estimate of drug-likeness (QED) is 0.274. The summed E-state index contributed by atoms with van der Waals surface area (Å²) in [4.78, 5) is 2.75. The number of nitrogens with zero attached hydrogens (tertiary/aromatic N) is 2.